The molecule has 0 radical (unpaired) electrons. The van der Waals surface area contributed by atoms with Crippen molar-refractivity contribution in [3.8, 4) is 5.75 Å². The van der Waals surface area contributed by atoms with Gasteiger partial charge in [-0.05, 0) is 48.0 Å². The SMILES string of the molecule is COc1ccc(NC(=O)CN(Cc2ccccc2)S(=O)(=O)c2ccc(F)cc2)cc1Cl. The molecule has 0 saturated carbocycles. The van der Waals surface area contributed by atoms with Crippen LogP contribution in [0.3, 0.4) is 0 Å². The van der Waals surface area contributed by atoms with E-state index in [0.717, 1.165) is 16.4 Å². The van der Waals surface area contributed by atoms with Crippen LogP contribution in [-0.4, -0.2) is 32.3 Å². The van der Waals surface area contributed by atoms with E-state index in [0.29, 0.717) is 22.0 Å². The van der Waals surface area contributed by atoms with E-state index in [1.165, 1.54) is 25.3 Å². The number of nitrogens with one attached hydrogen (secondary N) is 1. The van der Waals surface area contributed by atoms with Crippen molar-refractivity contribution in [1.82, 2.24) is 4.31 Å². The highest BCUT2D eigenvalue weighted by atomic mass is 35.5. The standard InChI is InChI=1S/C22H20ClFN2O4S/c1-30-21-12-9-18(13-20(21)23)25-22(27)15-26(14-16-5-3-2-4-6-16)31(28,29)19-10-7-17(24)8-11-19/h2-13H,14-15H2,1H3,(H,25,27). The first-order chi connectivity index (χ1) is 14.8. The van der Waals surface area contributed by atoms with Gasteiger partial charge in [0.1, 0.15) is 11.6 Å². The van der Waals surface area contributed by atoms with Gasteiger partial charge in [0, 0.05) is 12.2 Å². The molecule has 0 heterocycles. The molecule has 0 spiro atoms. The Labute approximate surface area is 185 Å². The Morgan fingerprint density at radius 3 is 2.35 bits per heavy atom. The number of ether oxygens (including phenoxy) is 1. The zero-order valence-electron chi connectivity index (χ0n) is 16.6. The van der Waals surface area contributed by atoms with E-state index in [1.54, 1.807) is 36.4 Å². The molecule has 3 rings (SSSR count). The molecular weight excluding hydrogens is 443 g/mol. The zero-order chi connectivity index (χ0) is 22.4. The number of benzene rings is 3. The predicted octanol–water partition coefficient (Wildman–Crippen LogP) is 4.32. The first kappa shape index (κ1) is 22.7. The predicted molar refractivity (Wildman–Crippen MR) is 117 cm³/mol. The summed E-state index contributed by atoms with van der Waals surface area (Å²) in [4.78, 5) is 12.6. The van der Waals surface area contributed by atoms with Gasteiger partial charge in [0.15, 0.2) is 0 Å². The van der Waals surface area contributed by atoms with Crippen LogP contribution in [0.25, 0.3) is 0 Å². The molecule has 162 valence electrons. The van der Waals surface area contributed by atoms with Crippen LogP contribution in [0.15, 0.2) is 77.7 Å². The molecule has 0 fully saturated rings. The Bertz CT molecular complexity index is 1160. The van der Waals surface area contributed by atoms with E-state index in [2.05, 4.69) is 5.32 Å². The first-order valence-electron chi connectivity index (χ1n) is 9.22. The number of carbonyl (C=O) groups excluding carboxylic acids is 1. The third kappa shape index (κ3) is 5.81. The Morgan fingerprint density at radius 1 is 1.06 bits per heavy atom. The zero-order valence-corrected chi connectivity index (χ0v) is 18.2. The van der Waals surface area contributed by atoms with Gasteiger partial charge in [-0.2, -0.15) is 4.31 Å². The highest BCUT2D eigenvalue weighted by Gasteiger charge is 2.27. The van der Waals surface area contributed by atoms with E-state index in [1.807, 2.05) is 6.07 Å². The molecule has 0 aliphatic carbocycles. The number of carbonyl (C=O) groups is 1. The average Bonchev–Trinajstić information content (AvgIpc) is 2.74. The second-order valence-corrected chi connectivity index (χ2v) is 8.96. The number of sulfonamides is 1. The summed E-state index contributed by atoms with van der Waals surface area (Å²) in [5.74, 6) is -0.658. The van der Waals surface area contributed by atoms with Gasteiger partial charge >= 0.3 is 0 Å². The fraction of sp³-hybridized carbons (Fsp3) is 0.136. The van der Waals surface area contributed by atoms with E-state index < -0.39 is 28.3 Å². The Kier molecular flexibility index (Phi) is 7.27. The molecule has 31 heavy (non-hydrogen) atoms. The minimum Gasteiger partial charge on any atom is -0.495 e. The van der Waals surface area contributed by atoms with Gasteiger partial charge in [0.05, 0.1) is 23.6 Å². The highest BCUT2D eigenvalue weighted by Crippen LogP contribution is 2.27. The van der Waals surface area contributed by atoms with Crippen molar-refractivity contribution in [1.29, 1.82) is 0 Å². The molecule has 9 heteroatoms. The Morgan fingerprint density at radius 2 is 1.74 bits per heavy atom. The van der Waals surface area contributed by atoms with Crippen molar-refractivity contribution < 1.29 is 22.3 Å². The summed E-state index contributed by atoms with van der Waals surface area (Å²) >= 11 is 6.08. The van der Waals surface area contributed by atoms with Crippen molar-refractivity contribution in [2.24, 2.45) is 0 Å². The summed E-state index contributed by atoms with van der Waals surface area (Å²) in [7, 11) is -2.59. The maximum atomic E-state index is 13.3. The monoisotopic (exact) mass is 462 g/mol. The van der Waals surface area contributed by atoms with Gasteiger partial charge < -0.3 is 10.1 Å². The smallest absolute Gasteiger partial charge is 0.243 e. The van der Waals surface area contributed by atoms with Crippen LogP contribution in [0.2, 0.25) is 5.02 Å². The Balaban J connectivity index is 1.84. The number of halogens is 2. The lowest BCUT2D eigenvalue weighted by Crippen LogP contribution is -2.37. The fourth-order valence-electron chi connectivity index (χ4n) is 2.87. The van der Waals surface area contributed by atoms with Gasteiger partial charge in [-0.15, -0.1) is 0 Å². The number of rotatable bonds is 8. The van der Waals surface area contributed by atoms with Gasteiger partial charge in [0.2, 0.25) is 15.9 Å². The molecule has 1 N–H and O–H groups in total. The minimum absolute atomic E-state index is 0.0304. The summed E-state index contributed by atoms with van der Waals surface area (Å²) in [6.07, 6.45) is 0. The lowest BCUT2D eigenvalue weighted by molar-refractivity contribution is -0.116. The quantitative estimate of drug-likeness (QED) is 0.541. The molecule has 0 bridgehead atoms. The van der Waals surface area contributed by atoms with Crippen molar-refractivity contribution in [3.63, 3.8) is 0 Å². The minimum atomic E-state index is -4.06. The van der Waals surface area contributed by atoms with Crippen molar-refractivity contribution >= 4 is 33.2 Å². The average molecular weight is 463 g/mol. The molecule has 0 aromatic heterocycles. The summed E-state index contributed by atoms with van der Waals surface area (Å²) in [5.41, 5.74) is 1.10. The number of anilines is 1. The lowest BCUT2D eigenvalue weighted by atomic mass is 10.2. The number of hydrogen-bond donors (Lipinski definition) is 1. The van der Waals surface area contributed by atoms with Crippen LogP contribution in [0.1, 0.15) is 5.56 Å². The van der Waals surface area contributed by atoms with Crippen LogP contribution >= 0.6 is 11.6 Å². The summed E-state index contributed by atoms with van der Waals surface area (Å²) in [6, 6.07) is 18.0. The molecule has 0 saturated heterocycles. The first-order valence-corrected chi connectivity index (χ1v) is 11.0. The van der Waals surface area contributed by atoms with Gasteiger partial charge in [0.25, 0.3) is 0 Å². The normalized spacial score (nSPS) is 11.4. The van der Waals surface area contributed by atoms with Crippen LogP contribution in [0.5, 0.6) is 5.75 Å². The summed E-state index contributed by atoms with van der Waals surface area (Å²) in [5, 5.41) is 2.94. The van der Waals surface area contributed by atoms with Crippen LogP contribution in [-0.2, 0) is 21.4 Å². The van der Waals surface area contributed by atoms with Crippen molar-refractivity contribution in [2.75, 3.05) is 19.0 Å². The molecule has 0 aliphatic heterocycles. The van der Waals surface area contributed by atoms with Crippen LogP contribution in [0, 0.1) is 5.82 Å². The van der Waals surface area contributed by atoms with E-state index in [9.17, 15) is 17.6 Å². The van der Waals surface area contributed by atoms with E-state index in [4.69, 9.17) is 16.3 Å². The van der Waals surface area contributed by atoms with Crippen molar-refractivity contribution in [3.05, 3.63) is 89.2 Å². The fourth-order valence-corrected chi connectivity index (χ4v) is 4.52. The van der Waals surface area contributed by atoms with Gasteiger partial charge in [-0.25, -0.2) is 12.8 Å². The molecule has 1 amide bonds. The lowest BCUT2D eigenvalue weighted by Gasteiger charge is -2.22. The molecule has 3 aromatic rings. The number of amides is 1. The molecular formula is C22H20ClFN2O4S. The Hall–Kier alpha value is -2.94. The second kappa shape index (κ2) is 9.91. The summed E-state index contributed by atoms with van der Waals surface area (Å²) in [6.45, 7) is -0.477. The van der Waals surface area contributed by atoms with E-state index >= 15 is 0 Å². The van der Waals surface area contributed by atoms with Crippen LogP contribution < -0.4 is 10.1 Å². The maximum Gasteiger partial charge on any atom is 0.243 e. The largest absolute Gasteiger partial charge is 0.495 e. The molecule has 0 atom stereocenters. The third-order valence-electron chi connectivity index (χ3n) is 4.41. The second-order valence-electron chi connectivity index (χ2n) is 6.61. The number of hydrogen-bond acceptors (Lipinski definition) is 4. The van der Waals surface area contributed by atoms with Crippen molar-refractivity contribution in [2.45, 2.75) is 11.4 Å². The molecule has 0 aliphatic rings. The van der Waals surface area contributed by atoms with Gasteiger partial charge in [-0.3, -0.25) is 4.79 Å². The number of methoxy groups -OCH3 is 1. The topological polar surface area (TPSA) is 75.7 Å². The van der Waals surface area contributed by atoms with Gasteiger partial charge in [-0.1, -0.05) is 41.9 Å². The summed E-state index contributed by atoms with van der Waals surface area (Å²) < 4.78 is 45.7. The highest BCUT2D eigenvalue weighted by molar-refractivity contribution is 7.89. The molecule has 3 aromatic carbocycles. The third-order valence-corrected chi connectivity index (χ3v) is 6.51. The maximum absolute atomic E-state index is 13.3. The molecule has 6 nitrogen and oxygen atoms in total. The van der Waals surface area contributed by atoms with Crippen LogP contribution in [0.4, 0.5) is 10.1 Å². The number of nitrogens with zero attached hydrogens (tertiary/aromatic N) is 1. The molecule has 0 unspecified atom stereocenters. The van der Waals surface area contributed by atoms with E-state index in [-0.39, 0.29) is 11.4 Å².